The van der Waals surface area contributed by atoms with Crippen LogP contribution < -0.4 is 0 Å². The Balaban J connectivity index is 2.39. The van der Waals surface area contributed by atoms with Crippen LogP contribution in [0.1, 0.15) is 11.4 Å². The van der Waals surface area contributed by atoms with Crippen molar-refractivity contribution in [2.24, 2.45) is 0 Å². The molecule has 1 aliphatic rings. The van der Waals surface area contributed by atoms with Gasteiger partial charge in [-0.1, -0.05) is 18.2 Å². The molecule has 3 rings (SSSR count). The molecular weight excluding hydrogens is 184 g/mol. The van der Waals surface area contributed by atoms with Crippen LogP contribution in [0.25, 0.3) is 23.2 Å². The summed E-state index contributed by atoms with van der Waals surface area (Å²) in [6.07, 6.45) is 7.58. The van der Waals surface area contributed by atoms with Gasteiger partial charge < -0.3 is 0 Å². The van der Waals surface area contributed by atoms with Gasteiger partial charge in [0.1, 0.15) is 0 Å². The maximum atomic E-state index is 4.54. The van der Waals surface area contributed by atoms with Crippen molar-refractivity contribution >= 4 is 23.2 Å². The number of rotatable bonds is 0. The van der Waals surface area contributed by atoms with Crippen molar-refractivity contribution < 1.29 is 0 Å². The quantitative estimate of drug-likeness (QED) is 0.600. The molecule has 0 N–H and O–H groups in total. The van der Waals surface area contributed by atoms with Crippen molar-refractivity contribution in [3.63, 3.8) is 0 Å². The van der Waals surface area contributed by atoms with Crippen LogP contribution >= 0.6 is 0 Å². The Morgan fingerprint density at radius 1 is 0.933 bits per heavy atom. The largest absolute Gasteiger partial charge is 0.244 e. The summed E-state index contributed by atoms with van der Waals surface area (Å²) in [7, 11) is 0. The van der Waals surface area contributed by atoms with Crippen molar-refractivity contribution in [3.05, 3.63) is 53.5 Å². The van der Waals surface area contributed by atoms with Gasteiger partial charge in [0.2, 0.25) is 0 Å². The van der Waals surface area contributed by atoms with E-state index in [-0.39, 0.29) is 0 Å². The molecule has 1 aromatic carbocycles. The summed E-state index contributed by atoms with van der Waals surface area (Å²) in [4.78, 5) is 9.06. The van der Waals surface area contributed by atoms with Crippen LogP contribution in [-0.2, 0) is 0 Å². The summed E-state index contributed by atoms with van der Waals surface area (Å²) in [6, 6.07) is 7.88. The molecule has 0 aliphatic heterocycles. The Bertz CT molecular complexity index is 617. The molecule has 0 atom stereocenters. The van der Waals surface area contributed by atoms with E-state index < -0.39 is 0 Å². The third-order valence-corrected chi connectivity index (χ3v) is 2.29. The number of allylic oxidation sites excluding steroid dienone is 2. The van der Waals surface area contributed by atoms with Crippen LogP contribution in [0.4, 0.5) is 0 Å². The van der Waals surface area contributed by atoms with Crippen molar-refractivity contribution in [2.45, 2.75) is 0 Å². The fourth-order valence-electron chi connectivity index (χ4n) is 1.58. The van der Waals surface area contributed by atoms with Crippen LogP contribution in [0.3, 0.4) is 0 Å². The molecule has 2 heteroatoms. The minimum atomic E-state index is 0.874. The molecular formula is C13H8N2. The summed E-state index contributed by atoms with van der Waals surface area (Å²) >= 11 is 0. The molecule has 1 heterocycles. The maximum Gasteiger partial charge on any atom is 0.0971 e. The summed E-state index contributed by atoms with van der Waals surface area (Å²) in [5.74, 6) is 0. The first-order valence-electron chi connectivity index (χ1n) is 4.79. The van der Waals surface area contributed by atoms with Crippen LogP contribution in [0.5, 0.6) is 0 Å². The number of nitrogens with zero attached hydrogens (tertiary/aromatic N) is 2. The van der Waals surface area contributed by atoms with Gasteiger partial charge in [0.15, 0.2) is 0 Å². The maximum absolute atomic E-state index is 4.54. The van der Waals surface area contributed by atoms with Gasteiger partial charge in [-0.2, -0.15) is 0 Å². The van der Waals surface area contributed by atoms with Crippen LogP contribution in [-0.4, -0.2) is 9.97 Å². The Morgan fingerprint density at radius 3 is 2.47 bits per heavy atom. The molecule has 1 aromatic heterocycles. The van der Waals surface area contributed by atoms with E-state index in [2.05, 4.69) is 15.7 Å². The number of benzene rings is 1. The average Bonchev–Trinajstić information content (AvgIpc) is 2.50. The molecule has 1 aliphatic carbocycles. The van der Waals surface area contributed by atoms with E-state index in [1.165, 1.54) is 0 Å². The minimum absolute atomic E-state index is 0.874. The third kappa shape index (κ3) is 1.37. The van der Waals surface area contributed by atoms with E-state index in [1.807, 2.05) is 48.6 Å². The smallest absolute Gasteiger partial charge is 0.0971 e. The number of hydrogen-bond acceptors (Lipinski definition) is 2. The fraction of sp³-hybridized carbons (Fsp3) is 0. The standard InChI is InChI=1S/C13H8N2/c1-2-6-10-11(7-3-1)15-13-9-5-4-8-12(13)14-10/h1-2,4-9H. The molecule has 70 valence electrons. The van der Waals surface area contributed by atoms with Gasteiger partial charge in [-0.3, -0.25) is 0 Å². The minimum Gasteiger partial charge on any atom is -0.244 e. The Morgan fingerprint density at radius 2 is 1.67 bits per heavy atom. The van der Waals surface area contributed by atoms with E-state index in [0.29, 0.717) is 0 Å². The summed E-state index contributed by atoms with van der Waals surface area (Å²) in [5.41, 5.74) is 6.65. The number of para-hydroxylation sites is 2. The number of aromatic nitrogens is 2. The molecule has 2 nitrogen and oxygen atoms in total. The van der Waals surface area contributed by atoms with E-state index in [0.717, 1.165) is 22.4 Å². The van der Waals surface area contributed by atoms with Gasteiger partial charge >= 0.3 is 0 Å². The predicted octanol–water partition coefficient (Wildman–Crippen LogP) is 2.82. The zero-order chi connectivity index (χ0) is 10.1. The average molecular weight is 192 g/mol. The summed E-state index contributed by atoms with van der Waals surface area (Å²) < 4.78 is 0. The third-order valence-electron chi connectivity index (χ3n) is 2.29. The highest BCUT2D eigenvalue weighted by molar-refractivity contribution is 5.78. The SMILES string of the molecule is C1=CC=Cc2nc3ccccc3nc2C=1. The first-order chi connectivity index (χ1) is 7.43. The highest BCUT2D eigenvalue weighted by Gasteiger charge is 2.03. The predicted molar refractivity (Wildman–Crippen MR) is 61.1 cm³/mol. The van der Waals surface area contributed by atoms with E-state index in [1.54, 1.807) is 0 Å². The van der Waals surface area contributed by atoms with Crippen molar-refractivity contribution in [2.75, 3.05) is 0 Å². The molecule has 2 aromatic rings. The van der Waals surface area contributed by atoms with Crippen LogP contribution in [0.15, 0.2) is 42.1 Å². The first kappa shape index (κ1) is 8.16. The highest BCUT2D eigenvalue weighted by Crippen LogP contribution is 2.16. The zero-order valence-corrected chi connectivity index (χ0v) is 8.01. The van der Waals surface area contributed by atoms with E-state index in [4.69, 9.17) is 0 Å². The molecule has 15 heavy (non-hydrogen) atoms. The molecule has 0 radical (unpaired) electrons. The number of hydrogen-bond donors (Lipinski definition) is 0. The lowest BCUT2D eigenvalue weighted by Gasteiger charge is -2.01. The van der Waals surface area contributed by atoms with Gasteiger partial charge in [-0.05, 0) is 24.3 Å². The second kappa shape index (κ2) is 3.19. The molecule has 0 saturated heterocycles. The normalized spacial score (nSPS) is 12.8. The second-order valence-electron chi connectivity index (χ2n) is 3.32. The van der Waals surface area contributed by atoms with Gasteiger partial charge in [-0.15, -0.1) is 5.73 Å². The van der Waals surface area contributed by atoms with Gasteiger partial charge in [-0.25, -0.2) is 9.97 Å². The van der Waals surface area contributed by atoms with Gasteiger partial charge in [0, 0.05) is 6.08 Å². The topological polar surface area (TPSA) is 25.8 Å². The van der Waals surface area contributed by atoms with E-state index >= 15 is 0 Å². The fourth-order valence-corrected chi connectivity index (χ4v) is 1.58. The lowest BCUT2D eigenvalue weighted by molar-refractivity contribution is 1.24. The van der Waals surface area contributed by atoms with Crippen molar-refractivity contribution in [1.29, 1.82) is 0 Å². The Labute approximate surface area is 87.3 Å². The van der Waals surface area contributed by atoms with Crippen molar-refractivity contribution in [3.8, 4) is 0 Å². The lowest BCUT2D eigenvalue weighted by Crippen LogP contribution is -1.92. The summed E-state index contributed by atoms with van der Waals surface area (Å²) in [5, 5.41) is 0. The molecule has 0 unspecified atom stereocenters. The van der Waals surface area contributed by atoms with Crippen molar-refractivity contribution in [1.82, 2.24) is 9.97 Å². The van der Waals surface area contributed by atoms with Gasteiger partial charge in [0.05, 0.1) is 22.4 Å². The highest BCUT2D eigenvalue weighted by atomic mass is 14.8. The molecule has 0 amide bonds. The second-order valence-corrected chi connectivity index (χ2v) is 3.32. The molecule has 0 spiro atoms. The summed E-state index contributed by atoms with van der Waals surface area (Å²) in [6.45, 7) is 0. The number of fused-ring (bicyclic) bond motifs is 2. The zero-order valence-electron chi connectivity index (χ0n) is 8.01. The Hall–Kier alpha value is -2.18. The molecule has 0 saturated carbocycles. The van der Waals surface area contributed by atoms with Crippen LogP contribution in [0, 0.1) is 0 Å². The lowest BCUT2D eigenvalue weighted by atomic mass is 10.2. The van der Waals surface area contributed by atoms with Gasteiger partial charge in [0.25, 0.3) is 0 Å². The van der Waals surface area contributed by atoms with Crippen LogP contribution in [0.2, 0.25) is 0 Å². The Kier molecular flexibility index (Phi) is 1.74. The molecule has 0 fully saturated rings. The first-order valence-corrected chi connectivity index (χ1v) is 4.79. The van der Waals surface area contributed by atoms with E-state index in [9.17, 15) is 0 Å². The molecule has 0 bridgehead atoms. The monoisotopic (exact) mass is 192 g/mol.